The van der Waals surface area contributed by atoms with Gasteiger partial charge in [-0.05, 0) is 25.2 Å². The van der Waals surface area contributed by atoms with Crippen LogP contribution in [0.15, 0.2) is 0 Å². The van der Waals surface area contributed by atoms with Gasteiger partial charge in [-0.1, -0.05) is 13.3 Å². The van der Waals surface area contributed by atoms with Crippen molar-refractivity contribution >= 4 is 18.3 Å². The maximum absolute atomic E-state index is 12.2. The van der Waals surface area contributed by atoms with E-state index >= 15 is 0 Å². The summed E-state index contributed by atoms with van der Waals surface area (Å²) in [5.74, 6) is 0.680. The summed E-state index contributed by atoms with van der Waals surface area (Å²) in [7, 11) is 0. The number of carbonyl (C=O) groups is 1. The molecule has 0 aromatic carbocycles. The van der Waals surface area contributed by atoms with Crippen LogP contribution in [0.1, 0.15) is 39.0 Å². The van der Waals surface area contributed by atoms with Crippen LogP contribution in [0, 0.1) is 5.92 Å². The third-order valence-corrected chi connectivity index (χ3v) is 4.10. The largest absolute Gasteiger partial charge is 0.375 e. The Morgan fingerprint density at radius 1 is 1.44 bits per heavy atom. The highest BCUT2D eigenvalue weighted by molar-refractivity contribution is 5.85. The molecule has 2 rings (SSSR count). The van der Waals surface area contributed by atoms with Crippen molar-refractivity contribution in [2.24, 2.45) is 11.7 Å². The highest BCUT2D eigenvalue weighted by Crippen LogP contribution is 2.27. The zero-order valence-electron chi connectivity index (χ0n) is 11.1. The van der Waals surface area contributed by atoms with Gasteiger partial charge in [0.15, 0.2) is 0 Å². The molecule has 1 unspecified atom stereocenters. The molecule has 2 N–H and O–H groups in total. The van der Waals surface area contributed by atoms with Gasteiger partial charge in [-0.15, -0.1) is 12.4 Å². The number of nitrogens with zero attached hydrogens (tertiary/aromatic N) is 1. The smallest absolute Gasteiger partial charge is 0.223 e. The van der Waals surface area contributed by atoms with E-state index in [-0.39, 0.29) is 30.5 Å². The SMILES string of the molecule is CCC1CN(C(=O)C[C@@H]2CCC[C@H]2N)CCO1.Cl. The Labute approximate surface area is 116 Å². The molecule has 0 radical (unpaired) electrons. The van der Waals surface area contributed by atoms with Gasteiger partial charge in [-0.25, -0.2) is 0 Å². The van der Waals surface area contributed by atoms with Crippen molar-refractivity contribution in [3.63, 3.8) is 0 Å². The van der Waals surface area contributed by atoms with Gasteiger partial charge >= 0.3 is 0 Å². The van der Waals surface area contributed by atoms with Gasteiger partial charge in [-0.3, -0.25) is 4.79 Å². The Kier molecular flexibility index (Phi) is 6.39. The molecule has 0 aromatic heterocycles. The molecule has 1 saturated heterocycles. The van der Waals surface area contributed by atoms with Crippen molar-refractivity contribution < 1.29 is 9.53 Å². The summed E-state index contributed by atoms with van der Waals surface area (Å²) in [4.78, 5) is 14.1. The Bertz CT molecular complexity index is 276. The summed E-state index contributed by atoms with van der Waals surface area (Å²) < 4.78 is 5.58. The number of hydrogen-bond acceptors (Lipinski definition) is 3. The summed E-state index contributed by atoms with van der Waals surface area (Å²) in [6.45, 7) is 4.29. The number of ether oxygens (including phenoxy) is 1. The molecule has 0 bridgehead atoms. The van der Waals surface area contributed by atoms with Crippen LogP contribution in [0.5, 0.6) is 0 Å². The highest BCUT2D eigenvalue weighted by atomic mass is 35.5. The third-order valence-electron chi connectivity index (χ3n) is 4.10. The number of morpholine rings is 1. The van der Waals surface area contributed by atoms with E-state index < -0.39 is 0 Å². The van der Waals surface area contributed by atoms with Crippen molar-refractivity contribution in [3.8, 4) is 0 Å². The number of halogens is 1. The van der Waals surface area contributed by atoms with Gasteiger partial charge in [0.2, 0.25) is 5.91 Å². The van der Waals surface area contributed by atoms with Crippen LogP contribution >= 0.6 is 12.4 Å². The Balaban J connectivity index is 0.00000162. The molecule has 1 saturated carbocycles. The summed E-state index contributed by atoms with van der Waals surface area (Å²) in [5.41, 5.74) is 6.01. The van der Waals surface area contributed by atoms with Crippen LogP contribution in [-0.2, 0) is 9.53 Å². The van der Waals surface area contributed by atoms with Crippen LogP contribution in [0.25, 0.3) is 0 Å². The average Bonchev–Trinajstić information content (AvgIpc) is 2.75. The predicted molar refractivity (Wildman–Crippen MR) is 73.8 cm³/mol. The maximum Gasteiger partial charge on any atom is 0.223 e. The summed E-state index contributed by atoms with van der Waals surface area (Å²) >= 11 is 0. The van der Waals surface area contributed by atoms with E-state index in [0.717, 1.165) is 32.4 Å². The molecule has 5 heteroatoms. The summed E-state index contributed by atoms with van der Waals surface area (Å²) in [5, 5.41) is 0. The lowest BCUT2D eigenvalue weighted by Crippen LogP contribution is -2.46. The first kappa shape index (κ1) is 15.7. The van der Waals surface area contributed by atoms with Crippen LogP contribution in [0.2, 0.25) is 0 Å². The lowest BCUT2D eigenvalue weighted by molar-refractivity contribution is -0.139. The van der Waals surface area contributed by atoms with Crippen molar-refractivity contribution in [1.29, 1.82) is 0 Å². The van der Waals surface area contributed by atoms with Gasteiger partial charge in [0.05, 0.1) is 12.7 Å². The van der Waals surface area contributed by atoms with Crippen molar-refractivity contribution in [1.82, 2.24) is 4.90 Å². The normalized spacial score (nSPS) is 32.1. The fraction of sp³-hybridized carbons (Fsp3) is 0.923. The molecule has 4 nitrogen and oxygen atoms in total. The molecule has 0 spiro atoms. The van der Waals surface area contributed by atoms with E-state index in [9.17, 15) is 4.79 Å². The molecule has 18 heavy (non-hydrogen) atoms. The van der Waals surface area contributed by atoms with Crippen molar-refractivity contribution in [2.75, 3.05) is 19.7 Å². The molecule has 0 aromatic rings. The first-order chi connectivity index (χ1) is 8.20. The van der Waals surface area contributed by atoms with Crippen LogP contribution < -0.4 is 5.73 Å². The van der Waals surface area contributed by atoms with Crippen molar-refractivity contribution in [3.05, 3.63) is 0 Å². The Morgan fingerprint density at radius 2 is 2.22 bits per heavy atom. The molecule has 2 fully saturated rings. The Hall–Kier alpha value is -0.320. The molecule has 1 amide bonds. The molecule has 2 aliphatic rings. The molecule has 1 aliphatic heterocycles. The minimum Gasteiger partial charge on any atom is -0.375 e. The second-order valence-corrected chi connectivity index (χ2v) is 5.30. The average molecular weight is 277 g/mol. The number of nitrogens with two attached hydrogens (primary N) is 1. The first-order valence-electron chi connectivity index (χ1n) is 6.85. The zero-order chi connectivity index (χ0) is 12.3. The molecule has 1 heterocycles. The van der Waals surface area contributed by atoms with Crippen LogP contribution in [-0.4, -0.2) is 42.6 Å². The lowest BCUT2D eigenvalue weighted by Gasteiger charge is -2.33. The minimum atomic E-state index is 0. The highest BCUT2D eigenvalue weighted by Gasteiger charge is 2.29. The van der Waals surface area contributed by atoms with E-state index in [2.05, 4.69) is 6.92 Å². The van der Waals surface area contributed by atoms with Crippen LogP contribution in [0.3, 0.4) is 0 Å². The van der Waals surface area contributed by atoms with E-state index in [0.29, 0.717) is 18.9 Å². The van der Waals surface area contributed by atoms with Gasteiger partial charge in [-0.2, -0.15) is 0 Å². The molecule has 3 atom stereocenters. The van der Waals surface area contributed by atoms with E-state index in [1.165, 1.54) is 6.42 Å². The minimum absolute atomic E-state index is 0. The van der Waals surface area contributed by atoms with E-state index in [1.807, 2.05) is 4.90 Å². The third kappa shape index (κ3) is 3.84. The summed E-state index contributed by atoms with van der Waals surface area (Å²) in [6.07, 6.45) is 5.22. The van der Waals surface area contributed by atoms with E-state index in [4.69, 9.17) is 10.5 Å². The fourth-order valence-electron chi connectivity index (χ4n) is 2.87. The van der Waals surface area contributed by atoms with Crippen LogP contribution in [0.4, 0.5) is 0 Å². The summed E-state index contributed by atoms with van der Waals surface area (Å²) in [6, 6.07) is 0.238. The monoisotopic (exact) mass is 276 g/mol. The first-order valence-corrected chi connectivity index (χ1v) is 6.85. The number of carbonyl (C=O) groups excluding carboxylic acids is 1. The number of hydrogen-bond donors (Lipinski definition) is 1. The van der Waals surface area contributed by atoms with Gasteiger partial charge in [0.25, 0.3) is 0 Å². The molecular weight excluding hydrogens is 252 g/mol. The zero-order valence-corrected chi connectivity index (χ0v) is 12.0. The van der Waals surface area contributed by atoms with Gasteiger partial charge < -0.3 is 15.4 Å². The second kappa shape index (κ2) is 7.31. The number of amides is 1. The lowest BCUT2D eigenvalue weighted by atomic mass is 9.99. The fourth-order valence-corrected chi connectivity index (χ4v) is 2.87. The predicted octanol–water partition coefficient (Wildman–Crippen LogP) is 1.56. The van der Waals surface area contributed by atoms with Gasteiger partial charge in [0.1, 0.15) is 0 Å². The molecule has 106 valence electrons. The number of rotatable bonds is 3. The van der Waals surface area contributed by atoms with Gasteiger partial charge in [0, 0.05) is 25.6 Å². The van der Waals surface area contributed by atoms with E-state index in [1.54, 1.807) is 0 Å². The second-order valence-electron chi connectivity index (χ2n) is 5.30. The van der Waals surface area contributed by atoms with Crippen molar-refractivity contribution in [2.45, 2.75) is 51.2 Å². The molecular formula is C13H25ClN2O2. The topological polar surface area (TPSA) is 55.6 Å². The standard InChI is InChI=1S/C13H24N2O2.ClH/c1-2-11-9-15(6-7-17-11)13(16)8-10-4-3-5-12(10)14;/h10-12H,2-9,14H2,1H3;1H/t10-,11?,12+;/m0./s1. The quantitative estimate of drug-likeness (QED) is 0.851. The maximum atomic E-state index is 12.2. The molecule has 1 aliphatic carbocycles. The Morgan fingerprint density at radius 3 is 2.83 bits per heavy atom.